The topological polar surface area (TPSA) is 38.3 Å². The third kappa shape index (κ3) is 10.1. The Balaban J connectivity index is -0.00000128. The van der Waals surface area contributed by atoms with E-state index in [-0.39, 0.29) is 12.9 Å². The molecule has 0 aromatic rings. The Morgan fingerprint density at radius 2 is 1.32 bits per heavy atom. The highest BCUT2D eigenvalue weighted by Gasteiger charge is 2.32. The first kappa shape index (κ1) is 23.5. The highest BCUT2D eigenvalue weighted by molar-refractivity contribution is 5.67. The van der Waals surface area contributed by atoms with Crippen LogP contribution in [-0.4, -0.2) is 18.2 Å². The molecule has 0 aliphatic carbocycles. The van der Waals surface area contributed by atoms with E-state index in [0.29, 0.717) is 12.0 Å². The van der Waals surface area contributed by atoms with Crippen LogP contribution in [0.15, 0.2) is 0 Å². The molecule has 0 radical (unpaired) electrons. The van der Waals surface area contributed by atoms with Gasteiger partial charge in [0.05, 0.1) is 0 Å². The smallest absolute Gasteiger partial charge is 0.407 e. The first-order valence-corrected chi connectivity index (χ1v) is 8.96. The van der Waals surface area contributed by atoms with E-state index in [1.54, 1.807) is 0 Å². The van der Waals surface area contributed by atoms with Crippen molar-refractivity contribution in [1.29, 1.82) is 0 Å². The first-order valence-electron chi connectivity index (χ1n) is 8.96. The van der Waals surface area contributed by atoms with Crippen molar-refractivity contribution >= 4 is 6.09 Å². The lowest BCUT2D eigenvalue weighted by Crippen LogP contribution is -2.41. The fourth-order valence-corrected chi connectivity index (χ4v) is 2.44. The summed E-state index contributed by atoms with van der Waals surface area (Å²) < 4.78 is 5.31. The summed E-state index contributed by atoms with van der Waals surface area (Å²) in [5, 5.41) is 2.94. The second-order valence-corrected chi connectivity index (χ2v) is 7.71. The van der Waals surface area contributed by atoms with Crippen molar-refractivity contribution in [3.63, 3.8) is 0 Å². The van der Waals surface area contributed by atoms with Crippen LogP contribution in [0.2, 0.25) is 0 Å². The largest absolute Gasteiger partial charge is 0.444 e. The second kappa shape index (κ2) is 10.1. The van der Waals surface area contributed by atoms with Gasteiger partial charge in [0.15, 0.2) is 0 Å². The highest BCUT2D eigenvalue weighted by Crippen LogP contribution is 2.40. The molecule has 0 heterocycles. The summed E-state index contributed by atoms with van der Waals surface area (Å²) in [6, 6.07) is 0. The highest BCUT2D eigenvalue weighted by atomic mass is 16.6. The number of amides is 1. The number of nitrogens with one attached hydrogen (secondary N) is 1. The summed E-state index contributed by atoms with van der Waals surface area (Å²) >= 11 is 0. The molecule has 0 fully saturated rings. The van der Waals surface area contributed by atoms with Crippen LogP contribution in [0.25, 0.3) is 0 Å². The van der Waals surface area contributed by atoms with E-state index in [9.17, 15) is 4.79 Å². The second-order valence-electron chi connectivity index (χ2n) is 7.71. The summed E-state index contributed by atoms with van der Waals surface area (Å²) in [6.45, 7) is 21.6. The normalized spacial score (nSPS) is 14.5. The van der Waals surface area contributed by atoms with Gasteiger partial charge in [0.25, 0.3) is 0 Å². The van der Waals surface area contributed by atoms with Gasteiger partial charge >= 0.3 is 6.09 Å². The van der Waals surface area contributed by atoms with E-state index in [2.05, 4.69) is 39.9 Å². The number of hydrogen-bond acceptors (Lipinski definition) is 2. The van der Waals surface area contributed by atoms with Crippen molar-refractivity contribution in [3.05, 3.63) is 0 Å². The maximum absolute atomic E-state index is 11.8. The minimum atomic E-state index is -0.436. The van der Waals surface area contributed by atoms with Gasteiger partial charge in [0, 0.05) is 7.97 Å². The van der Waals surface area contributed by atoms with Gasteiger partial charge in [-0.3, -0.25) is 0 Å². The van der Waals surface area contributed by atoms with Gasteiger partial charge in [0.1, 0.15) is 5.60 Å². The Hall–Kier alpha value is -0.730. The lowest BCUT2D eigenvalue weighted by molar-refractivity contribution is 0.0477. The molecule has 0 aromatic heterocycles. The maximum Gasteiger partial charge on any atom is 0.407 e. The molecular formula is C19H43NO2. The third-order valence-electron chi connectivity index (χ3n) is 4.47. The van der Waals surface area contributed by atoms with E-state index < -0.39 is 5.60 Å². The van der Waals surface area contributed by atoms with Gasteiger partial charge in [-0.15, -0.1) is 0 Å². The molecule has 1 atom stereocenters. The number of alkyl carbamates (subject to hydrolysis) is 1. The molecule has 0 aliphatic rings. The standard InChI is InChI=1S/C17H35NO2.C2H6.H2/c1-9-16(7,10-2)12-17(8,11-3)13-18-14(19)20-15(4,5)6;1-2;/h9-13H2,1-8H3,(H,18,19);1-2H3;1H. The molecule has 1 N–H and O–H groups in total. The monoisotopic (exact) mass is 317 g/mol. The van der Waals surface area contributed by atoms with Crippen LogP contribution in [0.5, 0.6) is 0 Å². The zero-order chi connectivity index (χ0) is 18.0. The van der Waals surface area contributed by atoms with Crippen LogP contribution >= 0.6 is 0 Å². The molecule has 0 bridgehead atoms. The predicted octanol–water partition coefficient (Wildman–Crippen LogP) is 6.42. The van der Waals surface area contributed by atoms with Crippen molar-refractivity contribution in [3.8, 4) is 0 Å². The summed E-state index contributed by atoms with van der Waals surface area (Å²) in [7, 11) is 0. The van der Waals surface area contributed by atoms with E-state index >= 15 is 0 Å². The number of carbonyl (C=O) groups excluding carboxylic acids is 1. The quantitative estimate of drug-likeness (QED) is 0.588. The average molecular weight is 318 g/mol. The van der Waals surface area contributed by atoms with Crippen molar-refractivity contribution in [1.82, 2.24) is 5.32 Å². The van der Waals surface area contributed by atoms with E-state index in [1.165, 1.54) is 12.8 Å². The van der Waals surface area contributed by atoms with Crippen molar-refractivity contribution in [2.24, 2.45) is 10.8 Å². The van der Waals surface area contributed by atoms with Crippen molar-refractivity contribution < 1.29 is 11.0 Å². The predicted molar refractivity (Wildman–Crippen MR) is 99.4 cm³/mol. The van der Waals surface area contributed by atoms with Crippen LogP contribution in [0.3, 0.4) is 0 Å². The van der Waals surface area contributed by atoms with Crippen LogP contribution in [-0.2, 0) is 4.74 Å². The molecule has 1 amide bonds. The third-order valence-corrected chi connectivity index (χ3v) is 4.47. The lowest BCUT2D eigenvalue weighted by atomic mass is 9.69. The SMILES string of the molecule is CC.CCC(C)(CC)CC(C)(CC)CNC(=O)OC(C)(C)C.[HH]. The molecule has 3 heteroatoms. The van der Waals surface area contributed by atoms with Gasteiger partial charge in [-0.25, -0.2) is 4.79 Å². The number of ether oxygens (including phenoxy) is 1. The summed E-state index contributed by atoms with van der Waals surface area (Å²) in [5.74, 6) is 0. The zero-order valence-electron chi connectivity index (χ0n) is 16.9. The Morgan fingerprint density at radius 1 is 0.909 bits per heavy atom. The fourth-order valence-electron chi connectivity index (χ4n) is 2.44. The Labute approximate surface area is 141 Å². The molecule has 22 heavy (non-hydrogen) atoms. The first-order chi connectivity index (χ1) is 9.99. The minimum absolute atomic E-state index is 0. The molecule has 0 saturated carbocycles. The number of hydrogen-bond donors (Lipinski definition) is 1. The molecular weight excluding hydrogens is 274 g/mol. The van der Waals surface area contributed by atoms with Gasteiger partial charge in [-0.2, -0.15) is 0 Å². The van der Waals surface area contributed by atoms with Crippen molar-refractivity contribution in [2.75, 3.05) is 6.54 Å². The molecule has 3 nitrogen and oxygen atoms in total. The maximum atomic E-state index is 11.8. The average Bonchev–Trinajstić information content (AvgIpc) is 2.45. The molecule has 0 aliphatic heterocycles. The Bertz CT molecular complexity index is 309. The summed E-state index contributed by atoms with van der Waals surface area (Å²) in [5.41, 5.74) is 0.0338. The minimum Gasteiger partial charge on any atom is -0.444 e. The Morgan fingerprint density at radius 3 is 1.64 bits per heavy atom. The fraction of sp³-hybridized carbons (Fsp3) is 0.947. The lowest BCUT2D eigenvalue weighted by Gasteiger charge is -2.38. The molecule has 0 aromatic carbocycles. The van der Waals surface area contributed by atoms with Crippen LogP contribution in [0.1, 0.15) is 96.3 Å². The summed E-state index contributed by atoms with van der Waals surface area (Å²) in [6.07, 6.45) is 4.21. The van der Waals surface area contributed by atoms with E-state index in [0.717, 1.165) is 12.8 Å². The van der Waals surface area contributed by atoms with E-state index in [1.807, 2.05) is 34.6 Å². The van der Waals surface area contributed by atoms with Gasteiger partial charge in [-0.1, -0.05) is 61.3 Å². The molecule has 0 spiro atoms. The molecule has 0 saturated heterocycles. The van der Waals surface area contributed by atoms with E-state index in [4.69, 9.17) is 4.74 Å². The van der Waals surface area contributed by atoms with Crippen molar-refractivity contribution in [2.45, 2.75) is 101 Å². The van der Waals surface area contributed by atoms with Gasteiger partial charge in [-0.05, 0) is 44.4 Å². The molecule has 136 valence electrons. The zero-order valence-corrected chi connectivity index (χ0v) is 16.9. The van der Waals surface area contributed by atoms with Crippen LogP contribution in [0.4, 0.5) is 4.79 Å². The van der Waals surface area contributed by atoms with Crippen LogP contribution < -0.4 is 5.32 Å². The number of rotatable bonds is 7. The summed E-state index contributed by atoms with van der Waals surface area (Å²) in [4.78, 5) is 11.8. The number of carbonyl (C=O) groups is 1. The van der Waals surface area contributed by atoms with Crippen LogP contribution in [0, 0.1) is 10.8 Å². The van der Waals surface area contributed by atoms with Gasteiger partial charge in [0.2, 0.25) is 0 Å². The molecule has 1 unspecified atom stereocenters. The van der Waals surface area contributed by atoms with Gasteiger partial charge < -0.3 is 10.1 Å². The molecule has 0 rings (SSSR count). The Kier molecular flexibility index (Phi) is 10.8.